The number of carbonyl (C=O) groups is 2. The van der Waals surface area contributed by atoms with E-state index < -0.39 is 17.7 Å². The number of amides is 1. The predicted octanol–water partition coefficient (Wildman–Crippen LogP) is 4.09. The summed E-state index contributed by atoms with van der Waals surface area (Å²) in [5.41, 5.74) is 0.461. The number of ether oxygens (including phenoxy) is 1. The highest BCUT2D eigenvalue weighted by Gasteiger charge is 2.47. The molecule has 4 rings (SSSR count). The van der Waals surface area contributed by atoms with E-state index in [1.807, 2.05) is 17.7 Å². The molecule has 172 valence electrons. The van der Waals surface area contributed by atoms with Crippen LogP contribution in [0, 0.1) is 6.92 Å². The van der Waals surface area contributed by atoms with Gasteiger partial charge in [-0.25, -0.2) is 4.98 Å². The number of hydrogen-bond acceptors (Lipinski definition) is 6. The molecule has 0 saturated carbocycles. The molecule has 0 aliphatic carbocycles. The van der Waals surface area contributed by atoms with Crippen molar-refractivity contribution in [2.45, 2.75) is 39.3 Å². The Morgan fingerprint density at radius 3 is 2.58 bits per heavy atom. The van der Waals surface area contributed by atoms with Crippen molar-refractivity contribution in [3.05, 3.63) is 77.8 Å². The number of aryl methyl sites for hydroxylation is 2. The average molecular weight is 450 g/mol. The summed E-state index contributed by atoms with van der Waals surface area (Å²) in [6, 6.07) is 9.55. The molecular weight excluding hydrogens is 422 g/mol. The first kappa shape index (κ1) is 22.4. The van der Waals surface area contributed by atoms with Crippen LogP contribution >= 0.6 is 0 Å². The summed E-state index contributed by atoms with van der Waals surface area (Å²) in [6.07, 6.45) is 6.73. The lowest BCUT2D eigenvalue weighted by atomic mass is 9.99. The van der Waals surface area contributed by atoms with Crippen LogP contribution in [0.15, 0.2) is 65.1 Å². The average Bonchev–Trinajstić information content (AvgIpc) is 3.54. The Morgan fingerprint density at radius 1 is 1.15 bits per heavy atom. The van der Waals surface area contributed by atoms with E-state index in [4.69, 9.17) is 9.15 Å². The Bertz CT molecular complexity index is 1150. The van der Waals surface area contributed by atoms with Crippen LogP contribution in [0.4, 0.5) is 0 Å². The van der Waals surface area contributed by atoms with Gasteiger partial charge in [0, 0.05) is 31.0 Å². The van der Waals surface area contributed by atoms with Gasteiger partial charge in [0.15, 0.2) is 0 Å². The molecule has 1 unspecified atom stereocenters. The molecule has 3 heterocycles. The van der Waals surface area contributed by atoms with Gasteiger partial charge in [-0.1, -0.05) is 6.92 Å². The Balaban J connectivity index is 1.65. The summed E-state index contributed by atoms with van der Waals surface area (Å²) >= 11 is 0. The van der Waals surface area contributed by atoms with Crippen molar-refractivity contribution < 1.29 is 23.8 Å². The maximum atomic E-state index is 13.0. The maximum absolute atomic E-state index is 13.0. The minimum absolute atomic E-state index is 0.0270. The minimum Gasteiger partial charge on any atom is -0.507 e. The molecule has 1 amide bonds. The zero-order chi connectivity index (χ0) is 23.4. The normalized spacial score (nSPS) is 17.6. The number of hydrogen-bond donors (Lipinski definition) is 1. The molecule has 1 atom stereocenters. The van der Waals surface area contributed by atoms with Gasteiger partial charge < -0.3 is 23.7 Å². The van der Waals surface area contributed by atoms with Crippen LogP contribution in [0.5, 0.6) is 5.75 Å². The number of likely N-dealkylation sites (tertiary alicyclic amines) is 1. The smallest absolute Gasteiger partial charge is 0.295 e. The van der Waals surface area contributed by atoms with Crippen LogP contribution in [0.1, 0.15) is 42.9 Å². The number of imidazole rings is 1. The third-order valence-electron chi connectivity index (χ3n) is 5.55. The lowest BCUT2D eigenvalue weighted by molar-refractivity contribution is -0.140. The SMILES string of the molecule is CCCOc1ccc(/C(O)=C2/C(=O)C(=O)N(CCCn3ccnc3)C2c2ccc(C)o2)cc1. The fraction of sp³-hybridized carbons (Fsp3) is 0.320. The third kappa shape index (κ3) is 4.69. The molecule has 0 radical (unpaired) electrons. The Hall–Kier alpha value is -3.81. The van der Waals surface area contributed by atoms with Crippen molar-refractivity contribution in [1.82, 2.24) is 14.5 Å². The van der Waals surface area contributed by atoms with E-state index in [0.29, 0.717) is 49.0 Å². The highest BCUT2D eigenvalue weighted by atomic mass is 16.5. The van der Waals surface area contributed by atoms with E-state index in [0.717, 1.165) is 6.42 Å². The second-order valence-corrected chi connectivity index (χ2v) is 7.97. The summed E-state index contributed by atoms with van der Waals surface area (Å²) in [5, 5.41) is 11.1. The molecule has 8 heteroatoms. The summed E-state index contributed by atoms with van der Waals surface area (Å²) < 4.78 is 13.3. The van der Waals surface area contributed by atoms with Gasteiger partial charge >= 0.3 is 0 Å². The van der Waals surface area contributed by atoms with Gasteiger partial charge in [0.2, 0.25) is 0 Å². The van der Waals surface area contributed by atoms with E-state index in [1.165, 1.54) is 4.90 Å². The summed E-state index contributed by atoms with van der Waals surface area (Å²) in [4.78, 5) is 31.5. The number of carbonyl (C=O) groups excluding carboxylic acids is 2. The van der Waals surface area contributed by atoms with Crippen molar-refractivity contribution in [3.8, 4) is 5.75 Å². The fourth-order valence-electron chi connectivity index (χ4n) is 3.93. The zero-order valence-corrected chi connectivity index (χ0v) is 18.7. The molecule has 1 aliphatic heterocycles. The summed E-state index contributed by atoms with van der Waals surface area (Å²) in [5.74, 6) is 0.174. The number of aliphatic hydroxyl groups excluding tert-OH is 1. The molecule has 1 aliphatic rings. The fourth-order valence-corrected chi connectivity index (χ4v) is 3.93. The van der Waals surface area contributed by atoms with Crippen molar-refractivity contribution in [2.24, 2.45) is 0 Å². The molecule has 1 aromatic carbocycles. The lowest BCUT2D eigenvalue weighted by Crippen LogP contribution is -2.31. The van der Waals surface area contributed by atoms with Gasteiger partial charge in [0.1, 0.15) is 29.1 Å². The van der Waals surface area contributed by atoms with Crippen LogP contribution in [0.3, 0.4) is 0 Å². The van der Waals surface area contributed by atoms with E-state index >= 15 is 0 Å². The van der Waals surface area contributed by atoms with Crippen LogP contribution in [-0.4, -0.2) is 44.4 Å². The monoisotopic (exact) mass is 449 g/mol. The first-order valence-electron chi connectivity index (χ1n) is 11.0. The number of Topliss-reactive ketones (excluding diaryl/α,β-unsaturated/α-hetero) is 1. The van der Waals surface area contributed by atoms with Crippen molar-refractivity contribution in [3.63, 3.8) is 0 Å². The molecule has 0 spiro atoms. The largest absolute Gasteiger partial charge is 0.507 e. The molecule has 33 heavy (non-hydrogen) atoms. The number of nitrogens with zero attached hydrogens (tertiary/aromatic N) is 3. The topological polar surface area (TPSA) is 97.8 Å². The van der Waals surface area contributed by atoms with Gasteiger partial charge in [0.05, 0.1) is 18.5 Å². The molecule has 1 fully saturated rings. The number of furan rings is 1. The van der Waals surface area contributed by atoms with Gasteiger partial charge in [-0.3, -0.25) is 9.59 Å². The highest BCUT2D eigenvalue weighted by Crippen LogP contribution is 2.40. The van der Waals surface area contributed by atoms with Crippen molar-refractivity contribution in [1.29, 1.82) is 0 Å². The number of benzene rings is 1. The van der Waals surface area contributed by atoms with Crippen LogP contribution < -0.4 is 4.74 Å². The number of aromatic nitrogens is 2. The van der Waals surface area contributed by atoms with E-state index in [-0.39, 0.29) is 11.3 Å². The molecule has 8 nitrogen and oxygen atoms in total. The Labute approximate surface area is 192 Å². The van der Waals surface area contributed by atoms with E-state index in [9.17, 15) is 14.7 Å². The molecule has 3 aromatic rings. The third-order valence-corrected chi connectivity index (χ3v) is 5.55. The summed E-state index contributed by atoms with van der Waals surface area (Å²) in [6.45, 7) is 5.38. The van der Waals surface area contributed by atoms with Crippen LogP contribution in [0.25, 0.3) is 5.76 Å². The number of ketones is 1. The Kier molecular flexibility index (Phi) is 6.63. The quantitative estimate of drug-likeness (QED) is 0.300. The van der Waals surface area contributed by atoms with Crippen LogP contribution in [-0.2, 0) is 16.1 Å². The van der Waals surface area contributed by atoms with Crippen molar-refractivity contribution >= 4 is 17.4 Å². The van der Waals surface area contributed by atoms with Gasteiger partial charge in [-0.05, 0) is 56.2 Å². The highest BCUT2D eigenvalue weighted by molar-refractivity contribution is 6.46. The second kappa shape index (κ2) is 9.77. The van der Waals surface area contributed by atoms with Crippen LogP contribution in [0.2, 0.25) is 0 Å². The molecule has 0 bridgehead atoms. The minimum atomic E-state index is -0.794. The summed E-state index contributed by atoms with van der Waals surface area (Å²) in [7, 11) is 0. The lowest BCUT2D eigenvalue weighted by Gasteiger charge is -2.23. The number of rotatable bonds is 9. The first-order valence-corrected chi connectivity index (χ1v) is 11.0. The van der Waals surface area contributed by atoms with Gasteiger partial charge in [-0.15, -0.1) is 0 Å². The zero-order valence-electron chi connectivity index (χ0n) is 18.7. The molecule has 1 saturated heterocycles. The van der Waals surface area contributed by atoms with E-state index in [1.54, 1.807) is 55.8 Å². The van der Waals surface area contributed by atoms with E-state index in [2.05, 4.69) is 4.98 Å². The molecule has 1 N–H and O–H groups in total. The molecular formula is C25H27N3O5. The second-order valence-electron chi connectivity index (χ2n) is 7.97. The first-order chi connectivity index (χ1) is 16.0. The number of aliphatic hydroxyl groups is 1. The maximum Gasteiger partial charge on any atom is 0.295 e. The van der Waals surface area contributed by atoms with Crippen molar-refractivity contribution in [2.75, 3.05) is 13.2 Å². The Morgan fingerprint density at radius 2 is 1.94 bits per heavy atom. The molecule has 2 aromatic heterocycles. The van der Waals surface area contributed by atoms with Gasteiger partial charge in [-0.2, -0.15) is 0 Å². The standard InChI is InChI=1S/C25H27N3O5/c1-3-15-32-19-8-6-18(7-9-19)23(29)21-22(20-10-5-17(2)33-20)28(25(31)24(21)30)13-4-12-27-14-11-26-16-27/h5-11,14,16,22,29H,3-4,12-13,15H2,1-2H3/b23-21-. The predicted molar refractivity (Wildman–Crippen MR) is 122 cm³/mol. The van der Waals surface area contributed by atoms with Gasteiger partial charge in [0.25, 0.3) is 11.7 Å².